The van der Waals surface area contributed by atoms with Gasteiger partial charge in [0.1, 0.15) is 11.6 Å². The average molecular weight is 199 g/mol. The second-order valence-electron chi connectivity index (χ2n) is 2.44. The monoisotopic (exact) mass is 199 g/mol. The van der Waals surface area contributed by atoms with Gasteiger partial charge >= 0.3 is 5.97 Å². The Kier molecular flexibility index (Phi) is 3.17. The summed E-state index contributed by atoms with van der Waals surface area (Å²) in [7, 11) is 0. The summed E-state index contributed by atoms with van der Waals surface area (Å²) in [5.74, 6) is -2.62. The highest BCUT2D eigenvalue weighted by Crippen LogP contribution is 2.14. The summed E-state index contributed by atoms with van der Waals surface area (Å²) in [5, 5.41) is 10.6. The fourth-order valence-corrected chi connectivity index (χ4v) is 0.809. The minimum absolute atomic E-state index is 0.0175. The standard InChI is InChI=1S/C9H7F2NO2/c10-6-1-2-8(7(11)5-6)12-4-3-9(13)14/h1-5,12H,(H,13,14)/b4-3+. The second kappa shape index (κ2) is 4.36. The van der Waals surface area contributed by atoms with E-state index in [-0.39, 0.29) is 5.69 Å². The highest BCUT2D eigenvalue weighted by atomic mass is 19.1. The number of aliphatic carboxylic acids is 1. The number of hydrogen-bond acceptors (Lipinski definition) is 2. The number of benzene rings is 1. The van der Waals surface area contributed by atoms with Crippen LogP contribution in [0.15, 0.2) is 30.5 Å². The van der Waals surface area contributed by atoms with E-state index in [1.165, 1.54) is 6.07 Å². The summed E-state index contributed by atoms with van der Waals surface area (Å²) in [6.45, 7) is 0. The van der Waals surface area contributed by atoms with E-state index in [4.69, 9.17) is 5.11 Å². The van der Waals surface area contributed by atoms with Crippen molar-refractivity contribution in [2.24, 2.45) is 0 Å². The molecule has 0 aliphatic rings. The lowest BCUT2D eigenvalue weighted by molar-refractivity contribution is -0.131. The first-order valence-corrected chi connectivity index (χ1v) is 3.70. The van der Waals surface area contributed by atoms with Crippen LogP contribution in [0.3, 0.4) is 0 Å². The van der Waals surface area contributed by atoms with Gasteiger partial charge in [0.15, 0.2) is 0 Å². The van der Waals surface area contributed by atoms with Crippen molar-refractivity contribution in [1.82, 2.24) is 0 Å². The number of carbonyl (C=O) groups is 1. The molecule has 74 valence electrons. The Balaban J connectivity index is 2.73. The van der Waals surface area contributed by atoms with Crippen LogP contribution in [0, 0.1) is 11.6 Å². The van der Waals surface area contributed by atoms with Gasteiger partial charge in [-0.2, -0.15) is 0 Å². The molecule has 0 atom stereocenters. The van der Waals surface area contributed by atoms with E-state index in [0.717, 1.165) is 18.3 Å². The first kappa shape index (κ1) is 10.2. The van der Waals surface area contributed by atoms with E-state index in [1.54, 1.807) is 0 Å². The van der Waals surface area contributed by atoms with Crippen molar-refractivity contribution < 1.29 is 18.7 Å². The lowest BCUT2D eigenvalue weighted by Crippen LogP contribution is -1.95. The summed E-state index contributed by atoms with van der Waals surface area (Å²) in [5.41, 5.74) is 0.0175. The quantitative estimate of drug-likeness (QED) is 0.731. The first-order valence-electron chi connectivity index (χ1n) is 3.70. The third-order valence-corrected chi connectivity index (χ3v) is 1.40. The van der Waals surface area contributed by atoms with Crippen LogP contribution in [0.5, 0.6) is 0 Å². The van der Waals surface area contributed by atoms with Gasteiger partial charge < -0.3 is 10.4 Å². The van der Waals surface area contributed by atoms with Crippen LogP contribution in [-0.2, 0) is 4.79 Å². The molecule has 0 bridgehead atoms. The lowest BCUT2D eigenvalue weighted by Gasteiger charge is -2.01. The third-order valence-electron chi connectivity index (χ3n) is 1.40. The molecule has 0 unspecified atom stereocenters. The van der Waals surface area contributed by atoms with Crippen molar-refractivity contribution in [2.45, 2.75) is 0 Å². The minimum Gasteiger partial charge on any atom is -0.478 e. The van der Waals surface area contributed by atoms with Crippen molar-refractivity contribution in [3.8, 4) is 0 Å². The lowest BCUT2D eigenvalue weighted by atomic mass is 10.3. The van der Waals surface area contributed by atoms with E-state index in [0.29, 0.717) is 6.07 Å². The van der Waals surface area contributed by atoms with Crippen LogP contribution < -0.4 is 5.32 Å². The fraction of sp³-hybridized carbons (Fsp3) is 0. The number of carboxylic acids is 1. The van der Waals surface area contributed by atoms with Crippen molar-refractivity contribution in [1.29, 1.82) is 0 Å². The van der Waals surface area contributed by atoms with Crippen molar-refractivity contribution in [3.63, 3.8) is 0 Å². The second-order valence-corrected chi connectivity index (χ2v) is 2.44. The molecule has 3 nitrogen and oxygen atoms in total. The molecule has 1 rings (SSSR count). The van der Waals surface area contributed by atoms with E-state index in [1.807, 2.05) is 0 Å². The van der Waals surface area contributed by atoms with E-state index < -0.39 is 17.6 Å². The maximum atomic E-state index is 12.9. The summed E-state index contributed by atoms with van der Waals surface area (Å²) >= 11 is 0. The molecule has 5 heteroatoms. The normalized spacial score (nSPS) is 10.4. The highest BCUT2D eigenvalue weighted by Gasteiger charge is 2.00. The third kappa shape index (κ3) is 2.85. The number of carboxylic acid groups (broad SMARTS) is 1. The van der Waals surface area contributed by atoms with Gasteiger partial charge in [-0.05, 0) is 12.1 Å². The zero-order valence-corrected chi connectivity index (χ0v) is 7.00. The number of nitrogens with one attached hydrogen (secondary N) is 1. The van der Waals surface area contributed by atoms with Gasteiger partial charge in [-0.15, -0.1) is 0 Å². The van der Waals surface area contributed by atoms with Gasteiger partial charge in [0.2, 0.25) is 0 Å². The molecule has 0 amide bonds. The minimum atomic E-state index is -1.15. The molecular weight excluding hydrogens is 192 g/mol. The highest BCUT2D eigenvalue weighted by molar-refractivity contribution is 5.80. The molecule has 2 N–H and O–H groups in total. The molecule has 0 radical (unpaired) electrons. The maximum Gasteiger partial charge on any atom is 0.329 e. The summed E-state index contributed by atoms with van der Waals surface area (Å²) in [6, 6.07) is 2.95. The van der Waals surface area contributed by atoms with Crippen molar-refractivity contribution in [2.75, 3.05) is 5.32 Å². The molecule has 14 heavy (non-hydrogen) atoms. The van der Waals surface area contributed by atoms with Crippen LogP contribution in [0.4, 0.5) is 14.5 Å². The summed E-state index contributed by atoms with van der Waals surface area (Å²) in [4.78, 5) is 10.0. The number of hydrogen-bond donors (Lipinski definition) is 2. The predicted molar refractivity (Wildman–Crippen MR) is 46.8 cm³/mol. The first-order chi connectivity index (χ1) is 6.59. The molecule has 0 saturated heterocycles. The van der Waals surface area contributed by atoms with Gasteiger partial charge in [0.05, 0.1) is 5.69 Å². The Hall–Kier alpha value is -1.91. The Labute approximate surface area is 78.7 Å². The Bertz CT molecular complexity index is 377. The number of halogens is 2. The van der Waals surface area contributed by atoms with Crippen LogP contribution >= 0.6 is 0 Å². The summed E-state index contributed by atoms with van der Waals surface area (Å²) in [6.07, 6.45) is 1.86. The van der Waals surface area contributed by atoms with Gasteiger partial charge in [-0.3, -0.25) is 0 Å². The van der Waals surface area contributed by atoms with Crippen molar-refractivity contribution in [3.05, 3.63) is 42.1 Å². The van der Waals surface area contributed by atoms with E-state index in [9.17, 15) is 13.6 Å². The summed E-state index contributed by atoms with van der Waals surface area (Å²) < 4.78 is 25.3. The van der Waals surface area contributed by atoms with Crippen LogP contribution in [0.2, 0.25) is 0 Å². The zero-order valence-electron chi connectivity index (χ0n) is 7.00. The molecule has 0 aliphatic carbocycles. The van der Waals surface area contributed by atoms with Crippen LogP contribution in [-0.4, -0.2) is 11.1 Å². The topological polar surface area (TPSA) is 49.3 Å². The van der Waals surface area contributed by atoms with Gasteiger partial charge in [0.25, 0.3) is 0 Å². The smallest absolute Gasteiger partial charge is 0.329 e. The maximum absolute atomic E-state index is 12.9. The Morgan fingerprint density at radius 2 is 2.14 bits per heavy atom. The van der Waals surface area contributed by atoms with E-state index >= 15 is 0 Å². The molecule has 0 aromatic heterocycles. The van der Waals surface area contributed by atoms with Crippen LogP contribution in [0.1, 0.15) is 0 Å². The molecular formula is C9H7F2NO2. The molecule has 0 saturated carbocycles. The molecule has 0 spiro atoms. The Morgan fingerprint density at radius 3 is 2.71 bits per heavy atom. The van der Waals surface area contributed by atoms with Crippen molar-refractivity contribution >= 4 is 11.7 Å². The molecule has 1 aromatic carbocycles. The van der Waals surface area contributed by atoms with Gasteiger partial charge in [-0.1, -0.05) is 0 Å². The Morgan fingerprint density at radius 1 is 1.43 bits per heavy atom. The largest absolute Gasteiger partial charge is 0.478 e. The molecule has 0 fully saturated rings. The number of rotatable bonds is 3. The van der Waals surface area contributed by atoms with Gasteiger partial charge in [0, 0.05) is 18.3 Å². The molecule has 1 aromatic rings. The zero-order chi connectivity index (χ0) is 10.6. The van der Waals surface area contributed by atoms with Crippen LogP contribution in [0.25, 0.3) is 0 Å². The number of anilines is 1. The van der Waals surface area contributed by atoms with Gasteiger partial charge in [-0.25, -0.2) is 13.6 Å². The molecule has 0 aliphatic heterocycles. The molecule has 0 heterocycles. The average Bonchev–Trinajstić information content (AvgIpc) is 2.08. The SMILES string of the molecule is O=C(O)/C=C/Nc1ccc(F)cc1F. The van der Waals surface area contributed by atoms with E-state index in [2.05, 4.69) is 5.32 Å². The fourth-order valence-electron chi connectivity index (χ4n) is 0.809. The predicted octanol–water partition coefficient (Wildman–Crippen LogP) is 1.98.